The number of benzene rings is 1. The molecule has 8 nitrogen and oxygen atoms in total. The summed E-state index contributed by atoms with van der Waals surface area (Å²) in [5, 5.41) is 20.5. The zero-order valence-corrected chi connectivity index (χ0v) is 13.5. The molecule has 1 heterocycles. The van der Waals surface area contributed by atoms with Crippen LogP contribution in [0.15, 0.2) is 29.7 Å². The van der Waals surface area contributed by atoms with Gasteiger partial charge in [-0.1, -0.05) is 6.08 Å². The summed E-state index contributed by atoms with van der Waals surface area (Å²) in [5.41, 5.74) is -0.274. The molecule has 126 valence electrons. The highest BCUT2D eigenvalue weighted by molar-refractivity contribution is 8.18. The molecule has 1 aliphatic heterocycles. The van der Waals surface area contributed by atoms with Crippen LogP contribution in [0.5, 0.6) is 11.5 Å². The van der Waals surface area contributed by atoms with E-state index >= 15 is 0 Å². The van der Waals surface area contributed by atoms with Crippen LogP contribution in [0.1, 0.15) is 12.5 Å². The van der Waals surface area contributed by atoms with Gasteiger partial charge in [0.2, 0.25) is 5.75 Å². The summed E-state index contributed by atoms with van der Waals surface area (Å²) < 4.78 is 5.17. The van der Waals surface area contributed by atoms with Gasteiger partial charge in [-0.3, -0.25) is 24.6 Å². The number of carbonyl (C=O) groups excluding carboxylic acids is 2. The smallest absolute Gasteiger partial charge is 0.315 e. The van der Waals surface area contributed by atoms with Gasteiger partial charge in [0.1, 0.15) is 0 Å². The number of phenolic OH excluding ortho intramolecular Hbond substituents is 1. The highest BCUT2D eigenvalue weighted by atomic mass is 32.2. The third-order valence-corrected chi connectivity index (χ3v) is 3.96. The predicted octanol–water partition coefficient (Wildman–Crippen LogP) is 2.92. The Morgan fingerprint density at radius 3 is 2.75 bits per heavy atom. The van der Waals surface area contributed by atoms with Gasteiger partial charge < -0.3 is 9.84 Å². The average Bonchev–Trinajstić information content (AvgIpc) is 2.78. The first-order valence-electron chi connectivity index (χ1n) is 6.89. The first-order chi connectivity index (χ1) is 11.4. The van der Waals surface area contributed by atoms with Crippen molar-refractivity contribution in [2.24, 2.45) is 0 Å². The van der Waals surface area contributed by atoms with Gasteiger partial charge in [0.25, 0.3) is 11.1 Å². The fourth-order valence-corrected chi connectivity index (χ4v) is 2.89. The van der Waals surface area contributed by atoms with Crippen molar-refractivity contribution in [1.82, 2.24) is 4.90 Å². The lowest BCUT2D eigenvalue weighted by Crippen LogP contribution is -2.27. The van der Waals surface area contributed by atoms with Crippen molar-refractivity contribution in [3.63, 3.8) is 0 Å². The number of imide groups is 1. The fraction of sp³-hybridized carbons (Fsp3) is 0.200. The van der Waals surface area contributed by atoms with E-state index in [0.717, 1.165) is 22.7 Å². The van der Waals surface area contributed by atoms with Crippen LogP contribution in [-0.4, -0.2) is 39.2 Å². The monoisotopic (exact) mass is 350 g/mol. The summed E-state index contributed by atoms with van der Waals surface area (Å²) in [4.78, 5) is 35.4. The van der Waals surface area contributed by atoms with Gasteiger partial charge in [-0.25, -0.2) is 0 Å². The number of nitrogens with zero attached hydrogens (tertiary/aromatic N) is 2. The molecule has 1 fully saturated rings. The molecule has 2 rings (SSSR count). The van der Waals surface area contributed by atoms with Crippen molar-refractivity contribution in [1.29, 1.82) is 0 Å². The Morgan fingerprint density at radius 2 is 2.17 bits per heavy atom. The first kappa shape index (κ1) is 17.5. The lowest BCUT2D eigenvalue weighted by Gasteiger charge is -2.08. The van der Waals surface area contributed by atoms with Crippen LogP contribution in [0.3, 0.4) is 0 Å². The maximum absolute atomic E-state index is 12.2. The summed E-state index contributed by atoms with van der Waals surface area (Å²) in [6.45, 7) is 5.43. The number of nitro benzene ring substituents is 1. The van der Waals surface area contributed by atoms with Crippen molar-refractivity contribution in [2.45, 2.75) is 6.92 Å². The Labute approximate surface area is 141 Å². The van der Waals surface area contributed by atoms with Crippen molar-refractivity contribution >= 4 is 34.7 Å². The molecular weight excluding hydrogens is 336 g/mol. The number of hydrogen-bond donors (Lipinski definition) is 1. The summed E-state index contributed by atoms with van der Waals surface area (Å²) in [6.07, 6.45) is 2.78. The second-order valence-corrected chi connectivity index (χ2v) is 5.65. The summed E-state index contributed by atoms with van der Waals surface area (Å²) in [6, 6.07) is 2.48. The Kier molecular flexibility index (Phi) is 5.24. The molecule has 2 amide bonds. The molecule has 0 radical (unpaired) electrons. The normalized spacial score (nSPS) is 15.9. The topological polar surface area (TPSA) is 110 Å². The van der Waals surface area contributed by atoms with Gasteiger partial charge in [0, 0.05) is 12.6 Å². The molecule has 1 aromatic rings. The van der Waals surface area contributed by atoms with Crippen molar-refractivity contribution in [3.8, 4) is 11.5 Å². The molecule has 24 heavy (non-hydrogen) atoms. The number of nitro groups is 1. The molecule has 0 spiro atoms. The van der Waals surface area contributed by atoms with Crippen molar-refractivity contribution < 1.29 is 24.4 Å². The second-order valence-electron chi connectivity index (χ2n) is 4.66. The van der Waals surface area contributed by atoms with Crippen LogP contribution in [0.2, 0.25) is 0 Å². The molecule has 1 aliphatic rings. The molecule has 0 bridgehead atoms. The zero-order chi connectivity index (χ0) is 17.9. The van der Waals surface area contributed by atoms with Gasteiger partial charge in [0.15, 0.2) is 5.75 Å². The molecule has 9 heteroatoms. The highest BCUT2D eigenvalue weighted by Gasteiger charge is 2.34. The van der Waals surface area contributed by atoms with E-state index in [2.05, 4.69) is 6.58 Å². The lowest BCUT2D eigenvalue weighted by molar-refractivity contribution is -0.386. The van der Waals surface area contributed by atoms with Crippen LogP contribution in [0.4, 0.5) is 10.5 Å². The standard InChI is InChI=1S/C15H14N2O6S/c1-3-5-16-14(19)12(24-15(16)20)8-9-6-10(17(21)22)13(18)11(7-9)23-4-2/h3,6-8,18H,1,4-5H2,2H3/b12-8-. The second kappa shape index (κ2) is 7.18. The maximum Gasteiger partial charge on any atom is 0.315 e. The first-order valence-corrected chi connectivity index (χ1v) is 7.71. The molecule has 1 aromatic carbocycles. The number of carbonyl (C=O) groups is 2. The Morgan fingerprint density at radius 1 is 1.46 bits per heavy atom. The number of thioether (sulfide) groups is 1. The van der Waals surface area contributed by atoms with E-state index in [0.29, 0.717) is 0 Å². The molecule has 0 unspecified atom stereocenters. The van der Waals surface area contributed by atoms with Crippen LogP contribution in [0, 0.1) is 10.1 Å². The lowest BCUT2D eigenvalue weighted by atomic mass is 10.1. The molecule has 0 atom stereocenters. The number of aromatic hydroxyl groups is 1. The average molecular weight is 350 g/mol. The summed E-state index contributed by atoms with van der Waals surface area (Å²) >= 11 is 0.732. The number of ether oxygens (including phenoxy) is 1. The largest absolute Gasteiger partial charge is 0.500 e. The molecule has 1 N–H and O–H groups in total. The van der Waals surface area contributed by atoms with E-state index in [4.69, 9.17) is 4.74 Å². The number of hydrogen-bond acceptors (Lipinski definition) is 7. The maximum atomic E-state index is 12.2. The quantitative estimate of drug-likeness (QED) is 0.363. The zero-order valence-electron chi connectivity index (χ0n) is 12.7. The third-order valence-electron chi connectivity index (χ3n) is 3.06. The van der Waals surface area contributed by atoms with Crippen LogP contribution >= 0.6 is 11.8 Å². The van der Waals surface area contributed by atoms with E-state index in [1.807, 2.05) is 0 Å². The van der Waals surface area contributed by atoms with Gasteiger partial charge in [-0.05, 0) is 36.4 Å². The molecule has 0 saturated carbocycles. The minimum atomic E-state index is -0.751. The van der Waals surface area contributed by atoms with E-state index in [9.17, 15) is 24.8 Å². The third kappa shape index (κ3) is 3.40. The predicted molar refractivity (Wildman–Crippen MR) is 88.8 cm³/mol. The summed E-state index contributed by atoms with van der Waals surface area (Å²) in [5.74, 6) is -1.15. The Bertz CT molecular complexity index is 759. The van der Waals surface area contributed by atoms with E-state index in [-0.39, 0.29) is 29.4 Å². The SMILES string of the molecule is C=CCN1C(=O)S/C(=C\c2cc(OCC)c(O)c([N+](=O)[O-])c2)C1=O. The van der Waals surface area contributed by atoms with Gasteiger partial charge in [-0.15, -0.1) is 6.58 Å². The minimum Gasteiger partial charge on any atom is -0.500 e. The van der Waals surface area contributed by atoms with Crippen LogP contribution in [-0.2, 0) is 4.79 Å². The Balaban J connectivity index is 2.45. The van der Waals surface area contributed by atoms with Crippen LogP contribution < -0.4 is 4.74 Å². The number of amides is 2. The highest BCUT2D eigenvalue weighted by Crippen LogP contribution is 2.39. The minimum absolute atomic E-state index is 0.0664. The molecule has 0 aromatic heterocycles. The van der Waals surface area contributed by atoms with E-state index in [1.54, 1.807) is 6.92 Å². The van der Waals surface area contributed by atoms with Gasteiger partial charge >= 0.3 is 5.69 Å². The van der Waals surface area contributed by atoms with E-state index < -0.39 is 27.5 Å². The van der Waals surface area contributed by atoms with Crippen molar-refractivity contribution in [2.75, 3.05) is 13.2 Å². The molecule has 0 aliphatic carbocycles. The number of phenols is 1. The van der Waals surface area contributed by atoms with Gasteiger partial charge in [-0.2, -0.15) is 0 Å². The Hall–Kier alpha value is -2.81. The summed E-state index contributed by atoms with van der Waals surface area (Å²) in [7, 11) is 0. The van der Waals surface area contributed by atoms with Crippen molar-refractivity contribution in [3.05, 3.63) is 45.4 Å². The van der Waals surface area contributed by atoms with Crippen LogP contribution in [0.25, 0.3) is 6.08 Å². The van der Waals surface area contributed by atoms with E-state index in [1.165, 1.54) is 18.2 Å². The fourth-order valence-electron chi connectivity index (χ4n) is 2.04. The molecule has 1 saturated heterocycles. The number of rotatable bonds is 6. The van der Waals surface area contributed by atoms with Gasteiger partial charge in [0.05, 0.1) is 16.4 Å². The molecular formula is C15H14N2O6S.